The van der Waals surface area contributed by atoms with E-state index in [9.17, 15) is 4.39 Å². The number of benzene rings is 2. The lowest BCUT2D eigenvalue weighted by atomic mass is 10.1. The Morgan fingerprint density at radius 1 is 1.21 bits per heavy atom. The molecule has 0 saturated heterocycles. The number of rotatable bonds is 1. The van der Waals surface area contributed by atoms with Gasteiger partial charge in [-0.05, 0) is 42.3 Å². The molecule has 0 fully saturated rings. The van der Waals surface area contributed by atoms with E-state index in [2.05, 4.69) is 15.9 Å². The van der Waals surface area contributed by atoms with Crippen molar-refractivity contribution in [2.75, 3.05) is 4.90 Å². The van der Waals surface area contributed by atoms with E-state index >= 15 is 0 Å². The van der Waals surface area contributed by atoms with Gasteiger partial charge in [0.25, 0.3) is 0 Å². The van der Waals surface area contributed by atoms with E-state index in [4.69, 9.17) is 5.41 Å². The molecule has 19 heavy (non-hydrogen) atoms. The summed E-state index contributed by atoms with van der Waals surface area (Å²) in [5.74, 6) is 0.0621. The van der Waals surface area contributed by atoms with Crippen LogP contribution in [0.4, 0.5) is 10.1 Å². The Balaban J connectivity index is 2.06. The summed E-state index contributed by atoms with van der Waals surface area (Å²) in [7, 11) is 0. The van der Waals surface area contributed by atoms with Crippen LogP contribution in [0.25, 0.3) is 0 Å². The fourth-order valence-electron chi connectivity index (χ4n) is 2.38. The van der Waals surface area contributed by atoms with Crippen molar-refractivity contribution in [1.82, 2.24) is 0 Å². The van der Waals surface area contributed by atoms with Gasteiger partial charge in [-0.25, -0.2) is 4.39 Å². The van der Waals surface area contributed by atoms with E-state index in [0.717, 1.165) is 21.3 Å². The van der Waals surface area contributed by atoms with E-state index in [-0.39, 0.29) is 5.82 Å². The summed E-state index contributed by atoms with van der Waals surface area (Å²) in [5, 5.41) is 8.23. The number of halogens is 2. The van der Waals surface area contributed by atoms with Gasteiger partial charge in [-0.2, -0.15) is 0 Å². The topological polar surface area (TPSA) is 27.1 Å². The van der Waals surface area contributed by atoms with Crippen LogP contribution in [-0.2, 0) is 6.54 Å². The summed E-state index contributed by atoms with van der Waals surface area (Å²) in [5.41, 5.74) is 3.75. The minimum absolute atomic E-state index is 0.295. The van der Waals surface area contributed by atoms with Gasteiger partial charge < -0.3 is 4.90 Å². The number of amidine groups is 1. The first-order valence-corrected chi connectivity index (χ1v) is 6.76. The number of anilines is 1. The zero-order valence-corrected chi connectivity index (χ0v) is 12.0. The molecule has 1 heterocycles. The average molecular weight is 319 g/mol. The molecule has 3 rings (SSSR count). The maximum atomic E-state index is 13.3. The minimum Gasteiger partial charge on any atom is -0.322 e. The first-order chi connectivity index (χ1) is 9.06. The fraction of sp³-hybridized carbons (Fsp3) is 0.133. The van der Waals surface area contributed by atoms with Crippen LogP contribution < -0.4 is 4.90 Å². The Morgan fingerprint density at radius 2 is 2.00 bits per heavy atom. The van der Waals surface area contributed by atoms with Crippen molar-refractivity contribution in [3.05, 3.63) is 63.4 Å². The first kappa shape index (κ1) is 12.4. The van der Waals surface area contributed by atoms with Gasteiger partial charge in [0.2, 0.25) is 0 Å². The van der Waals surface area contributed by atoms with Crippen LogP contribution in [-0.4, -0.2) is 5.84 Å². The molecule has 0 atom stereocenters. The monoisotopic (exact) mass is 318 g/mol. The Kier molecular flexibility index (Phi) is 2.90. The van der Waals surface area contributed by atoms with Crippen LogP contribution in [0.3, 0.4) is 0 Å². The van der Waals surface area contributed by atoms with E-state index in [1.165, 1.54) is 12.1 Å². The second kappa shape index (κ2) is 4.46. The number of hydrogen-bond donors (Lipinski definition) is 1. The molecule has 96 valence electrons. The SMILES string of the molecule is Cc1ccc(Br)cc1N1Cc2ccc(F)cc2C1=N. The highest BCUT2D eigenvalue weighted by atomic mass is 79.9. The highest BCUT2D eigenvalue weighted by molar-refractivity contribution is 9.10. The molecule has 2 aromatic carbocycles. The molecule has 0 aliphatic carbocycles. The third-order valence-electron chi connectivity index (χ3n) is 3.39. The van der Waals surface area contributed by atoms with Gasteiger partial charge in [0.15, 0.2) is 0 Å². The van der Waals surface area contributed by atoms with Crippen molar-refractivity contribution >= 4 is 27.5 Å². The quantitative estimate of drug-likeness (QED) is 0.836. The normalized spacial score (nSPS) is 13.8. The third kappa shape index (κ3) is 2.06. The molecular weight excluding hydrogens is 307 g/mol. The van der Waals surface area contributed by atoms with E-state index in [1.54, 1.807) is 6.07 Å². The van der Waals surface area contributed by atoms with Crippen molar-refractivity contribution in [3.63, 3.8) is 0 Å². The van der Waals surface area contributed by atoms with Gasteiger partial charge >= 0.3 is 0 Å². The predicted octanol–water partition coefficient (Wildman–Crippen LogP) is 4.24. The van der Waals surface area contributed by atoms with Gasteiger partial charge in [-0.3, -0.25) is 5.41 Å². The fourth-order valence-corrected chi connectivity index (χ4v) is 2.73. The lowest BCUT2D eigenvalue weighted by molar-refractivity contribution is 0.627. The molecule has 0 bridgehead atoms. The van der Waals surface area contributed by atoms with E-state index in [1.807, 2.05) is 30.0 Å². The van der Waals surface area contributed by atoms with Gasteiger partial charge in [0, 0.05) is 15.7 Å². The van der Waals surface area contributed by atoms with Crippen LogP contribution in [0.15, 0.2) is 40.9 Å². The lowest BCUT2D eigenvalue weighted by Gasteiger charge is -2.20. The van der Waals surface area contributed by atoms with E-state index in [0.29, 0.717) is 17.9 Å². The average Bonchev–Trinajstić information content (AvgIpc) is 2.70. The highest BCUT2D eigenvalue weighted by Gasteiger charge is 2.26. The maximum Gasteiger partial charge on any atom is 0.133 e. The molecule has 0 radical (unpaired) electrons. The Hall–Kier alpha value is -1.68. The summed E-state index contributed by atoms with van der Waals surface area (Å²) in [6.45, 7) is 2.63. The molecular formula is C15H12BrFN2. The summed E-state index contributed by atoms with van der Waals surface area (Å²) in [6.07, 6.45) is 0. The lowest BCUT2D eigenvalue weighted by Crippen LogP contribution is -2.23. The molecule has 4 heteroatoms. The molecule has 1 N–H and O–H groups in total. The number of hydrogen-bond acceptors (Lipinski definition) is 1. The number of fused-ring (bicyclic) bond motifs is 1. The standard InChI is InChI=1S/C15H12BrFN2/c1-9-2-4-11(16)6-14(9)19-8-10-3-5-12(17)7-13(10)15(19)18/h2-7,18H,8H2,1H3. The summed E-state index contributed by atoms with van der Waals surface area (Å²) in [6, 6.07) is 10.6. The van der Waals surface area contributed by atoms with Crippen molar-refractivity contribution in [3.8, 4) is 0 Å². The number of aryl methyl sites for hydroxylation is 1. The van der Waals surface area contributed by atoms with Gasteiger partial charge in [0.05, 0.1) is 6.54 Å². The minimum atomic E-state index is -0.295. The maximum absolute atomic E-state index is 13.3. The smallest absolute Gasteiger partial charge is 0.133 e. The van der Waals surface area contributed by atoms with Gasteiger partial charge in [-0.15, -0.1) is 0 Å². The Labute approximate surface area is 119 Å². The molecule has 0 unspecified atom stereocenters. The predicted molar refractivity (Wildman–Crippen MR) is 78.3 cm³/mol. The largest absolute Gasteiger partial charge is 0.322 e. The van der Waals surface area contributed by atoms with Crippen molar-refractivity contribution < 1.29 is 4.39 Å². The molecule has 0 spiro atoms. The first-order valence-electron chi connectivity index (χ1n) is 5.97. The summed E-state index contributed by atoms with van der Waals surface area (Å²) < 4.78 is 14.3. The van der Waals surface area contributed by atoms with Crippen molar-refractivity contribution in [2.45, 2.75) is 13.5 Å². The Bertz CT molecular complexity index is 682. The second-order valence-corrected chi connectivity index (χ2v) is 5.58. The van der Waals surface area contributed by atoms with Gasteiger partial charge in [-0.1, -0.05) is 28.1 Å². The summed E-state index contributed by atoms with van der Waals surface area (Å²) >= 11 is 3.45. The molecule has 0 saturated carbocycles. The summed E-state index contributed by atoms with van der Waals surface area (Å²) in [4.78, 5) is 1.91. The number of nitrogens with one attached hydrogen (secondary N) is 1. The molecule has 2 aromatic rings. The third-order valence-corrected chi connectivity index (χ3v) is 3.88. The van der Waals surface area contributed by atoms with Crippen LogP contribution >= 0.6 is 15.9 Å². The molecule has 0 aromatic heterocycles. The molecule has 1 aliphatic rings. The van der Waals surface area contributed by atoms with Crippen molar-refractivity contribution in [1.29, 1.82) is 5.41 Å². The molecule has 2 nitrogen and oxygen atoms in total. The molecule has 1 aliphatic heterocycles. The van der Waals surface area contributed by atoms with Crippen LogP contribution in [0.1, 0.15) is 16.7 Å². The van der Waals surface area contributed by atoms with Crippen LogP contribution in [0.5, 0.6) is 0 Å². The van der Waals surface area contributed by atoms with Crippen LogP contribution in [0.2, 0.25) is 0 Å². The van der Waals surface area contributed by atoms with Gasteiger partial charge in [0.1, 0.15) is 11.7 Å². The highest BCUT2D eigenvalue weighted by Crippen LogP contribution is 2.32. The molecule has 0 amide bonds. The Morgan fingerprint density at radius 3 is 2.79 bits per heavy atom. The van der Waals surface area contributed by atoms with Crippen LogP contribution in [0, 0.1) is 18.2 Å². The second-order valence-electron chi connectivity index (χ2n) is 4.67. The van der Waals surface area contributed by atoms with E-state index < -0.39 is 0 Å². The van der Waals surface area contributed by atoms with Crippen molar-refractivity contribution in [2.24, 2.45) is 0 Å². The zero-order chi connectivity index (χ0) is 13.6. The zero-order valence-electron chi connectivity index (χ0n) is 10.4. The number of nitrogens with zero attached hydrogens (tertiary/aromatic N) is 1.